The highest BCUT2D eigenvalue weighted by Gasteiger charge is 2.49. The molecule has 55 heavy (non-hydrogen) atoms. The molecule has 2 heterocycles. The van der Waals surface area contributed by atoms with Crippen LogP contribution in [-0.2, 0) is 10.8 Å². The molecule has 2 nitrogen and oxygen atoms in total. The maximum absolute atomic E-state index is 5.35. The Kier molecular flexibility index (Phi) is 7.00. The molecule has 4 aliphatic carbocycles. The van der Waals surface area contributed by atoms with Gasteiger partial charge in [0.1, 0.15) is 0 Å². The predicted octanol–water partition coefficient (Wildman–Crippen LogP) is 14.3. The van der Waals surface area contributed by atoms with Crippen LogP contribution in [0.4, 0.5) is 0 Å². The number of hydrogen-bond donors (Lipinski definition) is 0. The summed E-state index contributed by atoms with van der Waals surface area (Å²) in [6.07, 6.45) is 12.9. The van der Waals surface area contributed by atoms with E-state index >= 15 is 0 Å². The van der Waals surface area contributed by atoms with Crippen LogP contribution in [0.5, 0.6) is 0 Å². The minimum atomic E-state index is 0.0727. The van der Waals surface area contributed by atoms with Gasteiger partial charge in [-0.25, -0.2) is 9.97 Å². The first-order valence-corrected chi connectivity index (χ1v) is 21.3. The minimum absolute atomic E-state index is 0.0727. The fourth-order valence-electron chi connectivity index (χ4n) is 11.5. The summed E-state index contributed by atoms with van der Waals surface area (Å²) in [7, 11) is 0. The van der Waals surface area contributed by atoms with Crippen LogP contribution in [0.1, 0.15) is 86.5 Å². The molecule has 266 valence electrons. The van der Waals surface area contributed by atoms with E-state index in [0.29, 0.717) is 0 Å². The van der Waals surface area contributed by atoms with Crippen LogP contribution in [0.25, 0.3) is 76.3 Å². The second-order valence-electron chi connectivity index (χ2n) is 16.6. The zero-order valence-corrected chi connectivity index (χ0v) is 31.9. The standard InChI is InChI=1S/C52H42N2S/c1-4-16-33(17-5-1)50-53-47(49-48(54-50)38-21-7-9-25-45(38)55-49)35-19-14-18-34(30-35)36-22-15-24-42-46(36)40-32-43-39(31-44(40)52(42)28-12-3-13-29-52)37-20-6-8-23-41(37)51(43)26-10-2-11-27-51/h1,4-9,14-25,30-32H,2-3,10-13,26-29H2. The van der Waals surface area contributed by atoms with Gasteiger partial charge in [-0.3, -0.25) is 0 Å². The average Bonchev–Trinajstić information content (AvgIpc) is 3.85. The molecule has 4 aliphatic rings. The fourth-order valence-corrected chi connectivity index (χ4v) is 12.6. The lowest BCUT2D eigenvalue weighted by Crippen LogP contribution is -2.29. The van der Waals surface area contributed by atoms with E-state index in [1.807, 2.05) is 0 Å². The minimum Gasteiger partial charge on any atom is -0.226 e. The Morgan fingerprint density at radius 2 is 1.05 bits per heavy atom. The molecule has 0 bridgehead atoms. The molecule has 0 atom stereocenters. The number of nitrogens with zero attached hydrogens (tertiary/aromatic N) is 2. The number of aromatic nitrogens is 2. The lowest BCUT2D eigenvalue weighted by molar-refractivity contribution is 0.350. The largest absolute Gasteiger partial charge is 0.226 e. The third-order valence-corrected chi connectivity index (χ3v) is 15.1. The molecule has 0 saturated heterocycles. The Morgan fingerprint density at radius 3 is 1.89 bits per heavy atom. The summed E-state index contributed by atoms with van der Waals surface area (Å²) in [6, 6.07) is 50.4. The Bertz CT molecular complexity index is 2830. The highest BCUT2D eigenvalue weighted by molar-refractivity contribution is 7.26. The van der Waals surface area contributed by atoms with Gasteiger partial charge in [-0.05, 0) is 106 Å². The zero-order valence-electron chi connectivity index (χ0n) is 31.1. The summed E-state index contributed by atoms with van der Waals surface area (Å²) in [5.41, 5.74) is 19.3. The topological polar surface area (TPSA) is 25.8 Å². The second kappa shape index (κ2) is 12.1. The van der Waals surface area contributed by atoms with E-state index in [-0.39, 0.29) is 10.8 Å². The summed E-state index contributed by atoms with van der Waals surface area (Å²) < 4.78 is 2.39. The Labute approximate surface area is 327 Å². The molecule has 6 aromatic carbocycles. The van der Waals surface area contributed by atoms with Crippen LogP contribution < -0.4 is 0 Å². The highest BCUT2D eigenvalue weighted by atomic mass is 32.1. The first-order valence-electron chi connectivity index (χ1n) is 20.5. The molecule has 2 aromatic heterocycles. The molecule has 2 spiro atoms. The average molecular weight is 727 g/mol. The third kappa shape index (κ3) is 4.54. The van der Waals surface area contributed by atoms with Crippen molar-refractivity contribution < 1.29 is 0 Å². The molecular formula is C52H42N2S. The lowest BCUT2D eigenvalue weighted by Gasteiger charge is -2.37. The summed E-state index contributed by atoms with van der Waals surface area (Å²) in [4.78, 5) is 10.6. The van der Waals surface area contributed by atoms with E-state index in [1.165, 1.54) is 108 Å². The summed E-state index contributed by atoms with van der Waals surface area (Å²) in [5.74, 6) is 0.775. The van der Waals surface area contributed by atoms with Crippen molar-refractivity contribution in [1.82, 2.24) is 9.97 Å². The normalized spacial score (nSPS) is 17.4. The van der Waals surface area contributed by atoms with Gasteiger partial charge < -0.3 is 0 Å². The number of hydrogen-bond acceptors (Lipinski definition) is 3. The van der Waals surface area contributed by atoms with E-state index in [2.05, 4.69) is 133 Å². The number of thiophene rings is 1. The summed E-state index contributed by atoms with van der Waals surface area (Å²) >= 11 is 1.81. The van der Waals surface area contributed by atoms with Crippen molar-refractivity contribution in [2.75, 3.05) is 0 Å². The van der Waals surface area contributed by atoms with Crippen LogP contribution >= 0.6 is 11.3 Å². The van der Waals surface area contributed by atoms with Gasteiger partial charge in [-0.1, -0.05) is 148 Å². The van der Waals surface area contributed by atoms with Crippen LogP contribution in [0.2, 0.25) is 0 Å². The molecule has 2 saturated carbocycles. The SMILES string of the molecule is c1ccc(-c2nc(-c3cccc(-c4cccc5c4-c4cc6c(cc4C54CCCCC4)-c4ccccc4C64CCCCC4)c3)c3sc4ccccc4c3n2)cc1. The van der Waals surface area contributed by atoms with E-state index in [9.17, 15) is 0 Å². The van der Waals surface area contributed by atoms with Crippen molar-refractivity contribution >= 4 is 31.6 Å². The molecule has 0 N–H and O–H groups in total. The molecule has 0 amide bonds. The van der Waals surface area contributed by atoms with Gasteiger partial charge in [0.25, 0.3) is 0 Å². The highest BCUT2D eigenvalue weighted by Crippen LogP contribution is 2.63. The van der Waals surface area contributed by atoms with Crippen molar-refractivity contribution in [3.63, 3.8) is 0 Å². The predicted molar refractivity (Wildman–Crippen MR) is 230 cm³/mol. The van der Waals surface area contributed by atoms with Crippen molar-refractivity contribution in [3.8, 4) is 56.0 Å². The lowest BCUT2D eigenvalue weighted by atomic mass is 9.66. The van der Waals surface area contributed by atoms with Gasteiger partial charge in [0, 0.05) is 32.0 Å². The van der Waals surface area contributed by atoms with Gasteiger partial charge >= 0.3 is 0 Å². The van der Waals surface area contributed by atoms with Gasteiger partial charge in [0.05, 0.1) is 15.9 Å². The monoisotopic (exact) mass is 726 g/mol. The molecule has 8 aromatic rings. The van der Waals surface area contributed by atoms with Crippen LogP contribution in [0, 0.1) is 0 Å². The fraction of sp³-hybridized carbons (Fsp3) is 0.231. The quantitative estimate of drug-likeness (QED) is 0.181. The molecule has 0 aliphatic heterocycles. The summed E-state index contributed by atoms with van der Waals surface area (Å²) in [6.45, 7) is 0. The second-order valence-corrected chi connectivity index (χ2v) is 17.7. The molecular weight excluding hydrogens is 685 g/mol. The Morgan fingerprint density at radius 1 is 0.436 bits per heavy atom. The first-order chi connectivity index (χ1) is 27.2. The molecule has 0 unspecified atom stereocenters. The van der Waals surface area contributed by atoms with Crippen molar-refractivity contribution in [3.05, 3.63) is 156 Å². The number of benzene rings is 6. The zero-order chi connectivity index (χ0) is 36.1. The Hall–Kier alpha value is -5.38. The molecule has 2 fully saturated rings. The summed E-state index contributed by atoms with van der Waals surface area (Å²) in [5, 5.41) is 1.19. The molecule has 12 rings (SSSR count). The van der Waals surface area contributed by atoms with Crippen LogP contribution in [0.15, 0.2) is 133 Å². The van der Waals surface area contributed by atoms with Gasteiger partial charge in [-0.2, -0.15) is 0 Å². The maximum atomic E-state index is 5.35. The van der Waals surface area contributed by atoms with E-state index in [0.717, 1.165) is 32.9 Å². The Balaban J connectivity index is 1.08. The molecule has 0 radical (unpaired) electrons. The van der Waals surface area contributed by atoms with Gasteiger partial charge in [0.2, 0.25) is 0 Å². The molecule has 3 heteroatoms. The smallest absolute Gasteiger partial charge is 0.160 e. The third-order valence-electron chi connectivity index (χ3n) is 13.9. The van der Waals surface area contributed by atoms with Gasteiger partial charge in [-0.15, -0.1) is 11.3 Å². The van der Waals surface area contributed by atoms with Crippen LogP contribution in [0.3, 0.4) is 0 Å². The van der Waals surface area contributed by atoms with Crippen molar-refractivity contribution in [1.29, 1.82) is 0 Å². The van der Waals surface area contributed by atoms with Crippen LogP contribution in [-0.4, -0.2) is 9.97 Å². The van der Waals surface area contributed by atoms with Crippen molar-refractivity contribution in [2.45, 2.75) is 75.0 Å². The number of rotatable bonds is 3. The van der Waals surface area contributed by atoms with E-state index < -0.39 is 0 Å². The van der Waals surface area contributed by atoms with Gasteiger partial charge in [0.15, 0.2) is 5.82 Å². The number of fused-ring (bicyclic) bond motifs is 13. The maximum Gasteiger partial charge on any atom is 0.160 e. The van der Waals surface area contributed by atoms with Crippen molar-refractivity contribution in [2.24, 2.45) is 0 Å². The first kappa shape index (κ1) is 31.9. The van der Waals surface area contributed by atoms with E-state index in [4.69, 9.17) is 9.97 Å². The van der Waals surface area contributed by atoms with E-state index in [1.54, 1.807) is 33.6 Å².